The van der Waals surface area contributed by atoms with E-state index in [4.69, 9.17) is 4.74 Å². The summed E-state index contributed by atoms with van der Waals surface area (Å²) in [4.78, 5) is 31.3. The molecule has 4 fully saturated rings. The van der Waals surface area contributed by atoms with E-state index in [0.29, 0.717) is 18.4 Å². The molecular weight excluding hydrogens is 398 g/mol. The van der Waals surface area contributed by atoms with Gasteiger partial charge in [-0.15, -0.1) is 11.3 Å². The van der Waals surface area contributed by atoms with Crippen LogP contribution in [0.3, 0.4) is 0 Å². The lowest BCUT2D eigenvalue weighted by Crippen LogP contribution is -2.52. The molecule has 158 valence electrons. The van der Waals surface area contributed by atoms with Crippen molar-refractivity contribution in [3.05, 3.63) is 36.4 Å². The number of amides is 2. The first-order valence-electron chi connectivity index (χ1n) is 10.6. The number of ether oxygens (including phenoxy) is 1. The van der Waals surface area contributed by atoms with Gasteiger partial charge in [0.15, 0.2) is 0 Å². The lowest BCUT2D eigenvalue weighted by Gasteiger charge is -2.46. The molecule has 2 bridgehead atoms. The second kappa shape index (κ2) is 7.71. The number of hydrogen-bond acceptors (Lipinski definition) is 5. The zero-order valence-electron chi connectivity index (χ0n) is 17.4. The molecule has 2 amide bonds. The highest BCUT2D eigenvalue weighted by atomic mass is 32.1. The third-order valence-electron chi connectivity index (χ3n) is 6.87. The number of thiophene rings is 1. The van der Waals surface area contributed by atoms with Crippen molar-refractivity contribution in [2.45, 2.75) is 25.9 Å². The van der Waals surface area contributed by atoms with Crippen LogP contribution in [0.2, 0.25) is 0 Å². The van der Waals surface area contributed by atoms with Crippen molar-refractivity contribution in [1.29, 1.82) is 0 Å². The van der Waals surface area contributed by atoms with Gasteiger partial charge in [-0.05, 0) is 61.7 Å². The number of hydrogen-bond donors (Lipinski definition) is 0. The molecule has 0 N–H and O–H groups in total. The van der Waals surface area contributed by atoms with Crippen LogP contribution in [-0.2, 0) is 9.53 Å². The van der Waals surface area contributed by atoms with Crippen LogP contribution in [0, 0.1) is 11.8 Å². The fourth-order valence-corrected chi connectivity index (χ4v) is 6.00. The van der Waals surface area contributed by atoms with Crippen molar-refractivity contribution < 1.29 is 14.3 Å². The highest BCUT2D eigenvalue weighted by molar-refractivity contribution is 7.19. The van der Waals surface area contributed by atoms with Gasteiger partial charge in [0.2, 0.25) is 5.91 Å². The molecule has 6 nitrogen and oxygen atoms in total. The molecule has 2 aromatic rings. The van der Waals surface area contributed by atoms with Gasteiger partial charge in [0.25, 0.3) is 0 Å². The normalized spacial score (nSPS) is 27.9. The van der Waals surface area contributed by atoms with Gasteiger partial charge < -0.3 is 14.5 Å². The summed E-state index contributed by atoms with van der Waals surface area (Å²) in [6.07, 6.45) is 2.22. The van der Waals surface area contributed by atoms with Gasteiger partial charge in [-0.2, -0.15) is 0 Å². The largest absolute Gasteiger partial charge is 0.444 e. The average Bonchev–Trinajstić information content (AvgIpc) is 3.41. The summed E-state index contributed by atoms with van der Waals surface area (Å²) in [5.41, 5.74) is 1.90. The second-order valence-corrected chi connectivity index (χ2v) is 9.66. The van der Waals surface area contributed by atoms with E-state index in [1.165, 1.54) is 25.9 Å². The summed E-state index contributed by atoms with van der Waals surface area (Å²) < 4.78 is 5.84. The molecule has 2 atom stereocenters. The molecular formula is C23H27N3O3S. The third-order valence-corrected chi connectivity index (χ3v) is 8.02. The number of carbonyl (C=O) groups is 2. The lowest BCUT2D eigenvalue weighted by molar-refractivity contribution is -0.116. The predicted molar refractivity (Wildman–Crippen MR) is 119 cm³/mol. The van der Waals surface area contributed by atoms with E-state index < -0.39 is 0 Å². The molecule has 0 saturated carbocycles. The van der Waals surface area contributed by atoms with Crippen molar-refractivity contribution in [2.75, 3.05) is 43.0 Å². The summed E-state index contributed by atoms with van der Waals surface area (Å²) in [5.74, 6) is 1.14. The second-order valence-electron chi connectivity index (χ2n) is 8.60. The molecule has 30 heavy (non-hydrogen) atoms. The number of piperidine rings is 3. The zero-order valence-corrected chi connectivity index (χ0v) is 18.2. The van der Waals surface area contributed by atoms with E-state index in [1.807, 2.05) is 36.4 Å². The molecule has 0 aliphatic carbocycles. The molecule has 1 aromatic carbocycles. The number of benzene rings is 1. The van der Waals surface area contributed by atoms with Crippen LogP contribution in [0.25, 0.3) is 10.4 Å². The van der Waals surface area contributed by atoms with Crippen LogP contribution in [-0.4, -0.2) is 56.2 Å². The van der Waals surface area contributed by atoms with Crippen LogP contribution in [0.1, 0.15) is 19.8 Å². The highest BCUT2D eigenvalue weighted by Gasteiger charge is 2.45. The fraction of sp³-hybridized carbons (Fsp3) is 0.478. The van der Waals surface area contributed by atoms with Gasteiger partial charge in [0, 0.05) is 37.0 Å². The monoisotopic (exact) mass is 425 g/mol. The summed E-state index contributed by atoms with van der Waals surface area (Å²) >= 11 is 1.59. The van der Waals surface area contributed by atoms with E-state index in [0.717, 1.165) is 27.7 Å². The molecule has 4 saturated heterocycles. The lowest BCUT2D eigenvalue weighted by atomic mass is 9.76. The highest BCUT2D eigenvalue weighted by Crippen LogP contribution is 2.40. The zero-order chi connectivity index (χ0) is 20.8. The Labute approximate surface area is 181 Å². The maximum Gasteiger partial charge on any atom is 0.415 e. The van der Waals surface area contributed by atoms with E-state index in [2.05, 4.69) is 4.90 Å². The Kier molecular flexibility index (Phi) is 5.03. The van der Waals surface area contributed by atoms with Crippen molar-refractivity contribution >= 4 is 34.0 Å². The molecule has 1 unspecified atom stereocenters. The van der Waals surface area contributed by atoms with E-state index >= 15 is 0 Å². The maximum absolute atomic E-state index is 12.7. The molecule has 5 heterocycles. The standard InChI is InChI=1S/C23H27N3O3S/c1-15(27)24(2)18-5-3-4-17(12-18)21-6-7-22(30-21)26-14-20(29-23(26)28)19-13-25-10-8-16(19)9-11-25/h3-7,12,16,19-20H,8-11,13-14H2,1-2H3/t19?,20-/m0/s1. The summed E-state index contributed by atoms with van der Waals surface area (Å²) in [7, 11) is 1.77. The summed E-state index contributed by atoms with van der Waals surface area (Å²) in [6, 6.07) is 12.0. The summed E-state index contributed by atoms with van der Waals surface area (Å²) in [5, 5.41) is 0.920. The Hall–Kier alpha value is -2.38. The van der Waals surface area contributed by atoms with Gasteiger partial charge in [0.05, 0.1) is 6.54 Å². The maximum atomic E-state index is 12.7. The number of fused-ring (bicyclic) bond motifs is 3. The van der Waals surface area contributed by atoms with Gasteiger partial charge in [-0.1, -0.05) is 12.1 Å². The topological polar surface area (TPSA) is 53.1 Å². The number of anilines is 2. The van der Waals surface area contributed by atoms with Crippen LogP contribution >= 0.6 is 11.3 Å². The molecule has 4 aliphatic heterocycles. The molecule has 0 radical (unpaired) electrons. The first-order chi connectivity index (χ1) is 14.5. The van der Waals surface area contributed by atoms with Gasteiger partial charge >= 0.3 is 6.09 Å². The Morgan fingerprint density at radius 2 is 1.97 bits per heavy atom. The van der Waals surface area contributed by atoms with E-state index in [-0.39, 0.29) is 18.1 Å². The number of cyclic esters (lactones) is 1. The third kappa shape index (κ3) is 3.50. The van der Waals surface area contributed by atoms with Crippen LogP contribution in [0.4, 0.5) is 15.5 Å². The minimum atomic E-state index is -0.227. The van der Waals surface area contributed by atoms with E-state index in [1.54, 1.807) is 35.1 Å². The molecule has 7 heteroatoms. The van der Waals surface area contributed by atoms with Crippen LogP contribution in [0.5, 0.6) is 0 Å². The number of nitrogens with zero attached hydrogens (tertiary/aromatic N) is 3. The van der Waals surface area contributed by atoms with E-state index in [9.17, 15) is 9.59 Å². The summed E-state index contributed by atoms with van der Waals surface area (Å²) in [6.45, 7) is 5.64. The van der Waals surface area contributed by atoms with Crippen molar-refractivity contribution in [2.24, 2.45) is 11.8 Å². The number of carbonyl (C=O) groups excluding carboxylic acids is 2. The Morgan fingerprint density at radius 1 is 1.17 bits per heavy atom. The quantitative estimate of drug-likeness (QED) is 0.741. The smallest absolute Gasteiger partial charge is 0.415 e. The van der Waals surface area contributed by atoms with Gasteiger partial charge in [-0.3, -0.25) is 9.69 Å². The molecule has 1 aromatic heterocycles. The first-order valence-corrected chi connectivity index (χ1v) is 11.5. The Bertz CT molecular complexity index is 966. The predicted octanol–water partition coefficient (Wildman–Crippen LogP) is 4.06. The van der Waals surface area contributed by atoms with Crippen molar-refractivity contribution in [3.8, 4) is 10.4 Å². The molecule has 0 spiro atoms. The first kappa shape index (κ1) is 19.6. The minimum Gasteiger partial charge on any atom is -0.444 e. The van der Waals surface area contributed by atoms with Crippen molar-refractivity contribution in [1.82, 2.24) is 4.90 Å². The average molecular weight is 426 g/mol. The number of rotatable bonds is 4. The molecule has 4 aliphatic rings. The Morgan fingerprint density at radius 3 is 2.67 bits per heavy atom. The SMILES string of the molecule is CC(=O)N(C)c1cccc(-c2ccc(N3C[C@@H](C4CN5CCC4CC5)OC3=O)s2)c1. The van der Waals surface area contributed by atoms with Crippen LogP contribution < -0.4 is 9.80 Å². The minimum absolute atomic E-state index is 0.00221. The Balaban J connectivity index is 1.33. The van der Waals surface area contributed by atoms with Crippen molar-refractivity contribution in [3.63, 3.8) is 0 Å². The van der Waals surface area contributed by atoms with Gasteiger partial charge in [-0.25, -0.2) is 4.79 Å². The fourth-order valence-electron chi connectivity index (χ4n) is 5.00. The van der Waals surface area contributed by atoms with Gasteiger partial charge in [0.1, 0.15) is 11.1 Å². The van der Waals surface area contributed by atoms with Crippen LogP contribution in [0.15, 0.2) is 36.4 Å². The molecule has 6 rings (SSSR count).